The molecular formula is C43H49N7O7. The summed E-state index contributed by atoms with van der Waals surface area (Å²) in [6.07, 6.45) is 7.77. The topological polar surface area (TPSA) is 179 Å². The van der Waals surface area contributed by atoms with Gasteiger partial charge in [-0.2, -0.15) is 0 Å². The standard InChI is InChI=1S/C43H49N7O7/c1-43(2,3)57-42(55)48-34(20-26-23-45-32-12-7-5-10-30(26)32)40(53)49-19-9-14-36(49)38(51)28-22-37(50(25-28)29-15-17-44-18-16-29)39(52)47-35(41(54)56-4)21-27-24-46-33-13-8-6-11-31(27)33/h5-8,10-13,15-18,23-24,28,34-37,45-46H,9,14,19-22,25H2,1-4H3,(H,47,52)(H,48,55)/t28-,34+,35+,36-,37+/m1/s1. The quantitative estimate of drug-likeness (QED) is 0.129. The van der Waals surface area contributed by atoms with Crippen molar-refractivity contribution in [1.29, 1.82) is 0 Å². The van der Waals surface area contributed by atoms with Gasteiger partial charge in [0.25, 0.3) is 0 Å². The fourth-order valence-electron chi connectivity index (χ4n) is 8.20. The number of rotatable bonds is 12. The number of para-hydroxylation sites is 2. The van der Waals surface area contributed by atoms with E-state index in [0.29, 0.717) is 25.1 Å². The minimum absolute atomic E-state index is 0.151. The molecule has 2 aliphatic heterocycles. The fraction of sp³-hybridized carbons (Fsp3) is 0.395. The number of nitrogens with zero attached hydrogens (tertiary/aromatic N) is 3. The Morgan fingerprint density at radius 2 is 1.46 bits per heavy atom. The van der Waals surface area contributed by atoms with Crippen LogP contribution < -0.4 is 15.5 Å². The van der Waals surface area contributed by atoms with Crippen LogP contribution in [0.5, 0.6) is 0 Å². The number of methoxy groups -OCH3 is 1. The SMILES string of the molecule is COC(=O)[C@H](Cc1c[nH]c2ccccc12)NC(=O)[C@@H]1C[C@@H](C(=O)[C@H]2CCCN2C(=O)[C@H](Cc2c[nH]c3ccccc23)NC(=O)OC(C)(C)C)CN1c1ccncc1. The van der Waals surface area contributed by atoms with Crippen molar-refractivity contribution in [3.05, 3.63) is 96.6 Å². The number of likely N-dealkylation sites (tertiary alicyclic amines) is 1. The monoisotopic (exact) mass is 775 g/mol. The number of ether oxygens (including phenoxy) is 2. The maximum Gasteiger partial charge on any atom is 0.408 e. The number of esters is 1. The number of fused-ring (bicyclic) bond motifs is 2. The summed E-state index contributed by atoms with van der Waals surface area (Å²) in [6.45, 7) is 5.82. The summed E-state index contributed by atoms with van der Waals surface area (Å²) >= 11 is 0. The van der Waals surface area contributed by atoms with E-state index in [-0.39, 0.29) is 37.5 Å². The first-order valence-electron chi connectivity index (χ1n) is 19.4. The van der Waals surface area contributed by atoms with E-state index in [0.717, 1.165) is 32.9 Å². The molecular weight excluding hydrogens is 727 g/mol. The molecule has 7 rings (SSSR count). The highest BCUT2D eigenvalue weighted by molar-refractivity contribution is 5.97. The molecule has 5 heterocycles. The van der Waals surface area contributed by atoms with E-state index in [1.807, 2.05) is 65.8 Å². The molecule has 3 aromatic heterocycles. The molecule has 2 saturated heterocycles. The number of hydrogen-bond acceptors (Lipinski definition) is 9. The Balaban J connectivity index is 1.11. The van der Waals surface area contributed by atoms with Gasteiger partial charge in [0.15, 0.2) is 5.78 Å². The molecule has 0 saturated carbocycles. The minimum Gasteiger partial charge on any atom is -0.467 e. The van der Waals surface area contributed by atoms with E-state index < -0.39 is 53.7 Å². The maximum absolute atomic E-state index is 14.6. The smallest absolute Gasteiger partial charge is 0.408 e. The maximum atomic E-state index is 14.6. The number of aromatic amines is 2. The van der Waals surface area contributed by atoms with Gasteiger partial charge in [-0.15, -0.1) is 0 Å². The number of nitrogens with one attached hydrogen (secondary N) is 4. The predicted octanol–water partition coefficient (Wildman–Crippen LogP) is 4.84. The van der Waals surface area contributed by atoms with E-state index in [1.54, 1.807) is 50.2 Å². The van der Waals surface area contributed by atoms with Crippen LogP contribution >= 0.6 is 0 Å². The van der Waals surface area contributed by atoms with Crippen LogP contribution in [-0.2, 0) is 41.5 Å². The highest BCUT2D eigenvalue weighted by atomic mass is 16.6. The van der Waals surface area contributed by atoms with Crippen LogP contribution in [0.2, 0.25) is 0 Å². The molecule has 0 spiro atoms. The summed E-state index contributed by atoms with van der Waals surface area (Å²) in [5.41, 5.74) is 3.42. The number of alkyl carbamates (subject to hydrolysis) is 1. The van der Waals surface area contributed by atoms with E-state index in [2.05, 4.69) is 25.6 Å². The van der Waals surface area contributed by atoms with E-state index in [1.165, 1.54) is 7.11 Å². The van der Waals surface area contributed by atoms with Crippen LogP contribution in [0.1, 0.15) is 51.2 Å². The Bertz CT molecular complexity index is 2260. The van der Waals surface area contributed by atoms with Crippen molar-refractivity contribution in [3.8, 4) is 0 Å². The summed E-state index contributed by atoms with van der Waals surface area (Å²) < 4.78 is 10.7. The summed E-state index contributed by atoms with van der Waals surface area (Å²) in [5, 5.41) is 7.61. The Hall–Kier alpha value is -6.18. The third-order valence-corrected chi connectivity index (χ3v) is 10.9. The predicted molar refractivity (Wildman–Crippen MR) is 214 cm³/mol. The van der Waals surface area contributed by atoms with E-state index in [9.17, 15) is 24.0 Å². The largest absolute Gasteiger partial charge is 0.467 e. The average molecular weight is 776 g/mol. The number of anilines is 1. The van der Waals surface area contributed by atoms with Gasteiger partial charge in [0.05, 0.1) is 13.2 Å². The number of amides is 3. The number of Topliss-reactive ketones (excluding diaryl/α,β-unsaturated/α-hetero) is 1. The van der Waals surface area contributed by atoms with E-state index in [4.69, 9.17) is 9.47 Å². The number of H-pyrrole nitrogens is 2. The number of carbonyl (C=O) groups is 5. The van der Waals surface area contributed by atoms with Gasteiger partial charge in [-0.05, 0) is 75.4 Å². The van der Waals surface area contributed by atoms with Gasteiger partial charge < -0.3 is 39.9 Å². The molecule has 298 valence electrons. The summed E-state index contributed by atoms with van der Waals surface area (Å²) in [6, 6.07) is 15.5. The van der Waals surface area contributed by atoms with E-state index >= 15 is 0 Å². The van der Waals surface area contributed by atoms with Crippen molar-refractivity contribution in [2.75, 3.05) is 25.1 Å². The average Bonchev–Trinajstić information content (AvgIpc) is 4.03. The van der Waals surface area contributed by atoms with Crippen molar-refractivity contribution in [3.63, 3.8) is 0 Å². The highest BCUT2D eigenvalue weighted by Crippen LogP contribution is 2.34. The fourth-order valence-corrected chi connectivity index (χ4v) is 8.20. The van der Waals surface area contributed by atoms with Crippen molar-refractivity contribution < 1.29 is 33.4 Å². The lowest BCUT2D eigenvalue weighted by Crippen LogP contribution is -2.54. The van der Waals surface area contributed by atoms with Crippen LogP contribution in [0.15, 0.2) is 85.5 Å². The van der Waals surface area contributed by atoms with Crippen LogP contribution in [0.25, 0.3) is 21.8 Å². The molecule has 3 amide bonds. The summed E-state index contributed by atoms with van der Waals surface area (Å²) in [5.74, 6) is -2.14. The number of benzene rings is 2. The van der Waals surface area contributed by atoms with Gasteiger partial charge in [-0.1, -0.05) is 36.4 Å². The minimum atomic E-state index is -1.00. The molecule has 2 aromatic carbocycles. The molecule has 2 aliphatic rings. The summed E-state index contributed by atoms with van der Waals surface area (Å²) in [7, 11) is 1.28. The lowest BCUT2D eigenvalue weighted by Gasteiger charge is -2.30. The Kier molecular flexibility index (Phi) is 11.3. The zero-order valence-corrected chi connectivity index (χ0v) is 32.6. The molecule has 2 fully saturated rings. The second kappa shape index (κ2) is 16.5. The van der Waals surface area contributed by atoms with Gasteiger partial charge in [0, 0.05) is 84.1 Å². The van der Waals surface area contributed by atoms with Crippen molar-refractivity contribution in [2.24, 2.45) is 5.92 Å². The zero-order valence-electron chi connectivity index (χ0n) is 32.6. The van der Waals surface area contributed by atoms with Crippen molar-refractivity contribution in [2.45, 2.75) is 82.6 Å². The summed E-state index contributed by atoms with van der Waals surface area (Å²) in [4.78, 5) is 83.5. The van der Waals surface area contributed by atoms with Crippen LogP contribution in [0, 0.1) is 5.92 Å². The lowest BCUT2D eigenvalue weighted by atomic mass is 9.93. The zero-order chi connectivity index (χ0) is 40.3. The number of aromatic nitrogens is 3. The molecule has 14 heteroatoms. The molecule has 0 aliphatic carbocycles. The second-order valence-corrected chi connectivity index (χ2v) is 15.8. The first-order valence-corrected chi connectivity index (χ1v) is 19.4. The Morgan fingerprint density at radius 1 is 0.842 bits per heavy atom. The Morgan fingerprint density at radius 3 is 2.07 bits per heavy atom. The lowest BCUT2D eigenvalue weighted by molar-refractivity contribution is -0.145. The molecule has 0 radical (unpaired) electrons. The number of hydrogen-bond donors (Lipinski definition) is 4. The normalized spacial score (nSPS) is 19.3. The third-order valence-electron chi connectivity index (χ3n) is 10.9. The van der Waals surface area contributed by atoms with Crippen molar-refractivity contribution in [1.82, 2.24) is 30.5 Å². The van der Waals surface area contributed by atoms with Crippen LogP contribution in [0.3, 0.4) is 0 Å². The first kappa shape index (κ1) is 39.1. The van der Waals surface area contributed by atoms with Crippen LogP contribution in [0.4, 0.5) is 10.5 Å². The first-order chi connectivity index (χ1) is 27.4. The molecule has 57 heavy (non-hydrogen) atoms. The van der Waals surface area contributed by atoms with Gasteiger partial charge in [-0.25, -0.2) is 9.59 Å². The molecule has 0 bridgehead atoms. The molecule has 5 aromatic rings. The molecule has 14 nitrogen and oxygen atoms in total. The number of ketones is 1. The van der Waals surface area contributed by atoms with Crippen molar-refractivity contribution >= 4 is 57.2 Å². The van der Waals surface area contributed by atoms with Crippen LogP contribution in [-0.4, -0.2) is 99.5 Å². The Labute approximate surface area is 330 Å². The molecule has 5 atom stereocenters. The number of carbonyl (C=O) groups excluding carboxylic acids is 5. The highest BCUT2D eigenvalue weighted by Gasteiger charge is 2.46. The molecule has 4 N–H and O–H groups in total. The third kappa shape index (κ3) is 8.64. The van der Waals surface area contributed by atoms with Gasteiger partial charge in [0.2, 0.25) is 11.8 Å². The number of pyridine rings is 1. The van der Waals surface area contributed by atoms with Gasteiger partial charge in [0.1, 0.15) is 23.7 Å². The second-order valence-electron chi connectivity index (χ2n) is 15.8. The van der Waals surface area contributed by atoms with Gasteiger partial charge in [-0.3, -0.25) is 19.4 Å². The molecule has 0 unspecified atom stereocenters. The van der Waals surface area contributed by atoms with Gasteiger partial charge >= 0.3 is 12.1 Å².